The Hall–Kier alpha value is -1.54. The van der Waals surface area contributed by atoms with Crippen LogP contribution in [0.1, 0.15) is 24.1 Å². The molecule has 0 unspecified atom stereocenters. The number of nitrogens with zero attached hydrogens (tertiary/aromatic N) is 2. The summed E-state index contributed by atoms with van der Waals surface area (Å²) in [5, 5.41) is 12.4. The molecule has 4 nitrogen and oxygen atoms in total. The van der Waals surface area contributed by atoms with Gasteiger partial charge >= 0.3 is 0 Å². The van der Waals surface area contributed by atoms with Crippen molar-refractivity contribution in [2.45, 2.75) is 31.6 Å². The molecule has 1 aromatic heterocycles. The van der Waals surface area contributed by atoms with Gasteiger partial charge in [-0.3, -0.25) is 4.98 Å². The predicted molar refractivity (Wildman–Crippen MR) is 72.0 cm³/mol. The summed E-state index contributed by atoms with van der Waals surface area (Å²) in [6.07, 6.45) is 6.08. The highest BCUT2D eigenvalue weighted by Gasteiger charge is 2.49. The van der Waals surface area contributed by atoms with E-state index in [0.29, 0.717) is 11.5 Å². The maximum atomic E-state index is 9.05. The zero-order valence-corrected chi connectivity index (χ0v) is 10.9. The Bertz CT molecular complexity index is 556. The maximum absolute atomic E-state index is 9.05. The van der Waals surface area contributed by atoms with E-state index in [9.17, 15) is 0 Å². The van der Waals surface area contributed by atoms with Gasteiger partial charge in [-0.25, -0.2) is 5.26 Å². The van der Waals surface area contributed by atoms with Crippen molar-refractivity contribution in [3.05, 3.63) is 23.5 Å². The molecule has 1 aliphatic carbocycles. The molecule has 0 bridgehead atoms. The van der Waals surface area contributed by atoms with E-state index < -0.39 is 0 Å². The Balaban J connectivity index is 1.48. The third kappa shape index (κ3) is 1.74. The first-order valence-corrected chi connectivity index (χ1v) is 7.02. The summed E-state index contributed by atoms with van der Waals surface area (Å²) in [5.74, 6) is 3.31. The summed E-state index contributed by atoms with van der Waals surface area (Å²) in [5.41, 5.74) is 2.76. The third-order valence-electron chi connectivity index (χ3n) is 4.79. The zero-order valence-electron chi connectivity index (χ0n) is 10.9. The normalized spacial score (nSPS) is 23.4. The topological polar surface area (TPSA) is 57.9 Å². The quantitative estimate of drug-likeness (QED) is 0.797. The minimum absolute atomic E-state index is 0.0795. The van der Waals surface area contributed by atoms with Gasteiger partial charge in [0.15, 0.2) is 0 Å². The van der Waals surface area contributed by atoms with Crippen LogP contribution in [0.15, 0.2) is 12.3 Å². The highest BCUT2D eigenvalue weighted by atomic mass is 16.5. The molecule has 96 valence electrons. The average molecular weight is 253 g/mol. The Labute approximate surface area is 113 Å². The van der Waals surface area contributed by atoms with Crippen LogP contribution in [-0.4, -0.2) is 30.9 Å². The number of hydrogen-bond acceptors (Lipinski definition) is 4. The van der Waals surface area contributed by atoms with Gasteiger partial charge in [0.25, 0.3) is 6.71 Å². The molecular formula is C14H16BN3O. The van der Waals surface area contributed by atoms with Crippen molar-refractivity contribution in [3.8, 4) is 11.7 Å². The van der Waals surface area contributed by atoms with Gasteiger partial charge in [0.1, 0.15) is 5.75 Å². The van der Waals surface area contributed by atoms with Gasteiger partial charge in [-0.15, -0.1) is 0 Å². The summed E-state index contributed by atoms with van der Waals surface area (Å²) in [6.45, 7) is 2.38. The first kappa shape index (κ1) is 11.3. The maximum Gasteiger partial charge on any atom is 0.278 e. The van der Waals surface area contributed by atoms with Crippen LogP contribution < -0.4 is 10.1 Å². The average Bonchev–Trinajstić information content (AvgIpc) is 2.74. The molecule has 0 radical (unpaired) electrons. The standard InChI is InChI=1S/C14H16BN3O/c16-9-15-5-11-12(6-15)18-2-1-13(11)19-10-3-14(4-10)7-17-8-14/h1-2,10,17H,3-8H2. The second kappa shape index (κ2) is 3.98. The molecule has 1 spiro atoms. The summed E-state index contributed by atoms with van der Waals surface area (Å²) < 4.78 is 6.14. The fourth-order valence-corrected chi connectivity index (χ4v) is 3.60. The van der Waals surface area contributed by atoms with Crippen molar-refractivity contribution in [3.63, 3.8) is 0 Å². The van der Waals surface area contributed by atoms with Crippen molar-refractivity contribution < 1.29 is 4.74 Å². The zero-order chi connectivity index (χ0) is 12.9. The molecular weight excluding hydrogens is 237 g/mol. The predicted octanol–water partition coefficient (Wildman–Crippen LogP) is 0.947. The lowest BCUT2D eigenvalue weighted by atomic mass is 9.49. The van der Waals surface area contributed by atoms with Gasteiger partial charge in [0, 0.05) is 41.9 Å². The number of hydrogen-bond donors (Lipinski definition) is 1. The van der Waals surface area contributed by atoms with Gasteiger partial charge < -0.3 is 10.1 Å². The van der Waals surface area contributed by atoms with Crippen LogP contribution in [0, 0.1) is 16.6 Å². The van der Waals surface area contributed by atoms with Crippen molar-refractivity contribution in [2.24, 2.45) is 5.41 Å². The van der Waals surface area contributed by atoms with E-state index in [0.717, 1.165) is 37.2 Å². The molecule has 0 aromatic carbocycles. The molecule has 4 rings (SSSR count). The second-order valence-corrected chi connectivity index (χ2v) is 6.22. The fourth-order valence-electron chi connectivity index (χ4n) is 3.60. The molecule has 1 N–H and O–H groups in total. The Morgan fingerprint density at radius 3 is 2.95 bits per heavy atom. The summed E-state index contributed by atoms with van der Waals surface area (Å²) in [4.78, 5) is 4.38. The van der Waals surface area contributed by atoms with Gasteiger partial charge in [0.05, 0.1) is 6.10 Å². The van der Waals surface area contributed by atoms with Crippen LogP contribution in [0.3, 0.4) is 0 Å². The van der Waals surface area contributed by atoms with E-state index in [1.165, 1.54) is 18.4 Å². The largest absolute Gasteiger partial charge is 0.490 e. The first-order valence-electron chi connectivity index (χ1n) is 7.02. The number of pyridine rings is 1. The Morgan fingerprint density at radius 2 is 2.26 bits per heavy atom. The number of rotatable bonds is 2. The lowest BCUT2D eigenvalue weighted by molar-refractivity contribution is -0.0498. The molecule has 2 fully saturated rings. The van der Waals surface area contributed by atoms with Gasteiger partial charge in [-0.1, -0.05) is 0 Å². The molecule has 1 saturated carbocycles. The van der Waals surface area contributed by atoms with Crippen LogP contribution in [0.25, 0.3) is 0 Å². The Morgan fingerprint density at radius 1 is 1.42 bits per heavy atom. The van der Waals surface area contributed by atoms with Gasteiger partial charge in [-0.05, 0) is 31.5 Å². The fraction of sp³-hybridized carbons (Fsp3) is 0.571. The van der Waals surface area contributed by atoms with Crippen molar-refractivity contribution in [2.75, 3.05) is 13.1 Å². The smallest absolute Gasteiger partial charge is 0.278 e. The van der Waals surface area contributed by atoms with Crippen LogP contribution in [-0.2, 0) is 12.6 Å². The number of nitrogens with one attached hydrogen (secondary N) is 1. The summed E-state index contributed by atoms with van der Waals surface area (Å²) >= 11 is 0. The van der Waals surface area contributed by atoms with Crippen molar-refractivity contribution >= 4 is 6.71 Å². The highest BCUT2D eigenvalue weighted by molar-refractivity contribution is 6.66. The number of aromatic nitrogens is 1. The molecule has 0 amide bonds. The lowest BCUT2D eigenvalue weighted by Crippen LogP contribution is -2.62. The molecule has 1 aromatic rings. The van der Waals surface area contributed by atoms with Crippen LogP contribution >= 0.6 is 0 Å². The minimum Gasteiger partial charge on any atom is -0.490 e. The van der Waals surface area contributed by atoms with Crippen LogP contribution in [0.5, 0.6) is 5.75 Å². The monoisotopic (exact) mass is 253 g/mol. The van der Waals surface area contributed by atoms with E-state index in [1.54, 1.807) is 0 Å². The van der Waals surface area contributed by atoms with E-state index >= 15 is 0 Å². The van der Waals surface area contributed by atoms with Gasteiger partial charge in [-0.2, -0.15) is 0 Å². The van der Waals surface area contributed by atoms with Gasteiger partial charge in [0.2, 0.25) is 0 Å². The molecule has 1 saturated heterocycles. The molecule has 3 aliphatic rings. The van der Waals surface area contributed by atoms with Crippen molar-refractivity contribution in [1.82, 2.24) is 10.3 Å². The van der Waals surface area contributed by atoms with E-state index in [2.05, 4.69) is 16.3 Å². The molecule has 0 atom stereocenters. The van der Waals surface area contributed by atoms with Crippen LogP contribution in [0.2, 0.25) is 0 Å². The molecule has 3 heterocycles. The molecule has 2 aliphatic heterocycles. The van der Waals surface area contributed by atoms with E-state index in [1.807, 2.05) is 12.3 Å². The number of ether oxygens (including phenoxy) is 1. The van der Waals surface area contributed by atoms with E-state index in [-0.39, 0.29) is 6.71 Å². The third-order valence-corrected chi connectivity index (χ3v) is 4.79. The molecule has 19 heavy (non-hydrogen) atoms. The second-order valence-electron chi connectivity index (χ2n) is 6.22. The SMILES string of the molecule is N#CB1Cc2nccc(OC3CC4(CNC4)C3)c2C1. The first-order chi connectivity index (χ1) is 9.28. The number of nitriles is 1. The van der Waals surface area contributed by atoms with Crippen LogP contribution in [0.4, 0.5) is 0 Å². The number of fused-ring (bicyclic) bond motifs is 1. The highest BCUT2D eigenvalue weighted by Crippen LogP contribution is 2.46. The minimum atomic E-state index is 0.0795. The van der Waals surface area contributed by atoms with E-state index in [4.69, 9.17) is 10.00 Å². The van der Waals surface area contributed by atoms with Crippen molar-refractivity contribution in [1.29, 1.82) is 5.26 Å². The summed E-state index contributed by atoms with van der Waals surface area (Å²) in [7, 11) is 0. The lowest BCUT2D eigenvalue weighted by Gasteiger charge is -2.53. The summed E-state index contributed by atoms with van der Waals surface area (Å²) in [6, 6.07) is 1.96. The molecule has 5 heteroatoms. The Kier molecular flexibility index (Phi) is 2.37.